The molecule has 4 heteroatoms. The lowest BCUT2D eigenvalue weighted by Crippen LogP contribution is -2.20. The molecule has 1 heterocycles. The van der Waals surface area contributed by atoms with Crippen LogP contribution in [0.1, 0.15) is 6.42 Å². The summed E-state index contributed by atoms with van der Waals surface area (Å²) in [5, 5.41) is 3.16. The Morgan fingerprint density at radius 3 is 2.61 bits per heavy atom. The van der Waals surface area contributed by atoms with Gasteiger partial charge in [-0.1, -0.05) is 30.3 Å². The zero-order chi connectivity index (χ0) is 13.0. The van der Waals surface area contributed by atoms with Gasteiger partial charge >= 0.3 is 0 Å². The van der Waals surface area contributed by atoms with Gasteiger partial charge in [0, 0.05) is 12.6 Å². The topological polar surface area (TPSA) is 41.0 Å². The van der Waals surface area contributed by atoms with Gasteiger partial charge in [-0.2, -0.15) is 0 Å². The van der Waals surface area contributed by atoms with Crippen LogP contribution in [0.3, 0.4) is 0 Å². The molecule has 2 rings (SSSR count). The molecule has 0 spiro atoms. The van der Waals surface area contributed by atoms with Crippen molar-refractivity contribution in [3.8, 4) is 11.3 Å². The summed E-state index contributed by atoms with van der Waals surface area (Å²) in [5.74, 6) is 0. The molecule has 0 saturated heterocycles. The van der Waals surface area contributed by atoms with Crippen molar-refractivity contribution in [1.82, 2.24) is 14.7 Å². The summed E-state index contributed by atoms with van der Waals surface area (Å²) in [6.07, 6.45) is 0.960. The predicted octanol–water partition coefficient (Wildman–Crippen LogP) is 1.80. The fourth-order valence-corrected chi connectivity index (χ4v) is 1.91. The highest BCUT2D eigenvalue weighted by Crippen LogP contribution is 2.13. The van der Waals surface area contributed by atoms with Crippen LogP contribution in [0.4, 0.5) is 0 Å². The van der Waals surface area contributed by atoms with Crippen molar-refractivity contribution in [3.05, 3.63) is 46.8 Å². The molecule has 0 bridgehead atoms. The quantitative estimate of drug-likeness (QED) is 0.872. The van der Waals surface area contributed by atoms with E-state index in [4.69, 9.17) is 0 Å². The van der Waals surface area contributed by atoms with Crippen LogP contribution in [0.25, 0.3) is 11.3 Å². The van der Waals surface area contributed by atoms with E-state index in [-0.39, 0.29) is 5.56 Å². The van der Waals surface area contributed by atoms with Gasteiger partial charge in [0.25, 0.3) is 5.56 Å². The van der Waals surface area contributed by atoms with Gasteiger partial charge in [-0.25, -0.2) is 0 Å². The fraction of sp³-hybridized carbons (Fsp3) is 0.357. The van der Waals surface area contributed by atoms with Crippen LogP contribution < -0.4 is 5.56 Å². The Balaban J connectivity index is 2.10. The molecule has 1 N–H and O–H groups in total. The van der Waals surface area contributed by atoms with Crippen molar-refractivity contribution < 1.29 is 0 Å². The van der Waals surface area contributed by atoms with Crippen molar-refractivity contribution >= 4 is 0 Å². The Hall–Kier alpha value is -1.81. The molecule has 18 heavy (non-hydrogen) atoms. The van der Waals surface area contributed by atoms with Gasteiger partial charge < -0.3 is 4.90 Å². The Morgan fingerprint density at radius 2 is 1.94 bits per heavy atom. The predicted molar refractivity (Wildman–Crippen MR) is 73.7 cm³/mol. The van der Waals surface area contributed by atoms with Crippen LogP contribution in [0.2, 0.25) is 0 Å². The van der Waals surface area contributed by atoms with E-state index >= 15 is 0 Å². The van der Waals surface area contributed by atoms with Crippen LogP contribution in [-0.4, -0.2) is 35.3 Å². The van der Waals surface area contributed by atoms with E-state index in [0.717, 1.165) is 30.8 Å². The Kier molecular flexibility index (Phi) is 3.99. The minimum absolute atomic E-state index is 0.0348. The van der Waals surface area contributed by atoms with Gasteiger partial charge in [0.05, 0.1) is 5.69 Å². The zero-order valence-corrected chi connectivity index (χ0v) is 10.9. The lowest BCUT2D eigenvalue weighted by atomic mass is 10.2. The van der Waals surface area contributed by atoms with E-state index in [0.29, 0.717) is 0 Å². The summed E-state index contributed by atoms with van der Waals surface area (Å²) in [7, 11) is 4.07. The monoisotopic (exact) mass is 245 g/mol. The van der Waals surface area contributed by atoms with E-state index in [9.17, 15) is 4.79 Å². The minimum atomic E-state index is 0.0348. The number of nitrogens with zero attached hydrogens (tertiary/aromatic N) is 2. The summed E-state index contributed by atoms with van der Waals surface area (Å²) >= 11 is 0. The Labute approximate surface area is 107 Å². The number of H-pyrrole nitrogens is 1. The second-order valence-electron chi connectivity index (χ2n) is 4.68. The molecular weight excluding hydrogens is 226 g/mol. The van der Waals surface area contributed by atoms with Crippen LogP contribution >= 0.6 is 0 Å². The molecule has 1 aromatic heterocycles. The van der Waals surface area contributed by atoms with Gasteiger partial charge in [-0.05, 0) is 32.6 Å². The largest absolute Gasteiger partial charge is 0.309 e. The van der Waals surface area contributed by atoms with Gasteiger partial charge in [0.1, 0.15) is 0 Å². The normalized spacial score (nSPS) is 11.1. The molecular formula is C14H19N3O. The molecule has 0 fully saturated rings. The molecule has 0 aliphatic heterocycles. The maximum Gasteiger partial charge on any atom is 0.267 e. The summed E-state index contributed by atoms with van der Waals surface area (Å²) < 4.78 is 1.67. The number of nitrogens with one attached hydrogen (secondary N) is 1. The van der Waals surface area contributed by atoms with Crippen LogP contribution in [0.5, 0.6) is 0 Å². The first-order valence-corrected chi connectivity index (χ1v) is 6.17. The second kappa shape index (κ2) is 5.69. The summed E-state index contributed by atoms with van der Waals surface area (Å²) in [6.45, 7) is 1.70. The average molecular weight is 245 g/mol. The average Bonchev–Trinajstić information content (AvgIpc) is 2.72. The molecule has 96 valence electrons. The van der Waals surface area contributed by atoms with Crippen molar-refractivity contribution in [3.63, 3.8) is 0 Å². The third-order valence-corrected chi connectivity index (χ3v) is 2.86. The number of hydrogen-bond donors (Lipinski definition) is 1. The van der Waals surface area contributed by atoms with Gasteiger partial charge in [0.15, 0.2) is 0 Å². The third kappa shape index (κ3) is 3.11. The number of aromatic nitrogens is 2. The number of aryl methyl sites for hydroxylation is 1. The van der Waals surface area contributed by atoms with E-state index in [1.807, 2.05) is 44.4 Å². The first-order valence-electron chi connectivity index (χ1n) is 6.17. The van der Waals surface area contributed by atoms with Gasteiger partial charge in [0.2, 0.25) is 0 Å². The van der Waals surface area contributed by atoms with Gasteiger partial charge in [-0.3, -0.25) is 14.6 Å². The fourth-order valence-electron chi connectivity index (χ4n) is 1.91. The molecule has 0 aliphatic rings. The SMILES string of the molecule is CN(C)CCCn1[nH]c(-c2ccccc2)cc1=O. The van der Waals surface area contributed by atoms with Crippen molar-refractivity contribution in [2.45, 2.75) is 13.0 Å². The molecule has 0 amide bonds. The van der Waals surface area contributed by atoms with Crippen LogP contribution in [-0.2, 0) is 6.54 Å². The number of aromatic amines is 1. The van der Waals surface area contributed by atoms with E-state index in [1.54, 1.807) is 10.7 Å². The summed E-state index contributed by atoms with van der Waals surface area (Å²) in [5.41, 5.74) is 1.96. The number of hydrogen-bond acceptors (Lipinski definition) is 2. The van der Waals surface area contributed by atoms with Gasteiger partial charge in [-0.15, -0.1) is 0 Å². The summed E-state index contributed by atoms with van der Waals surface area (Å²) in [4.78, 5) is 13.9. The maximum absolute atomic E-state index is 11.8. The zero-order valence-electron chi connectivity index (χ0n) is 10.9. The van der Waals surface area contributed by atoms with Crippen molar-refractivity contribution in [1.29, 1.82) is 0 Å². The molecule has 0 atom stereocenters. The molecule has 2 aromatic rings. The third-order valence-electron chi connectivity index (χ3n) is 2.86. The highest BCUT2D eigenvalue weighted by atomic mass is 16.1. The highest BCUT2D eigenvalue weighted by molar-refractivity contribution is 5.57. The second-order valence-corrected chi connectivity index (χ2v) is 4.68. The van der Waals surface area contributed by atoms with Crippen LogP contribution in [0, 0.1) is 0 Å². The maximum atomic E-state index is 11.8. The molecule has 1 aromatic carbocycles. The smallest absolute Gasteiger partial charge is 0.267 e. The molecule has 4 nitrogen and oxygen atoms in total. The molecule has 0 aliphatic carbocycles. The lowest BCUT2D eigenvalue weighted by molar-refractivity contribution is 0.379. The van der Waals surface area contributed by atoms with Crippen molar-refractivity contribution in [2.75, 3.05) is 20.6 Å². The minimum Gasteiger partial charge on any atom is -0.309 e. The standard InChI is InChI=1S/C14H19N3O/c1-16(2)9-6-10-17-14(18)11-13(15-17)12-7-4-3-5-8-12/h3-5,7-8,11,15H,6,9-10H2,1-2H3. The first-order chi connectivity index (χ1) is 8.66. The van der Waals surface area contributed by atoms with Crippen molar-refractivity contribution in [2.24, 2.45) is 0 Å². The lowest BCUT2D eigenvalue weighted by Gasteiger charge is -2.08. The summed E-state index contributed by atoms with van der Waals surface area (Å²) in [6, 6.07) is 11.6. The Bertz CT molecular complexity index is 540. The molecule has 0 saturated carbocycles. The van der Waals surface area contributed by atoms with E-state index < -0.39 is 0 Å². The number of rotatable bonds is 5. The Morgan fingerprint density at radius 1 is 1.22 bits per heavy atom. The highest BCUT2D eigenvalue weighted by Gasteiger charge is 2.04. The van der Waals surface area contributed by atoms with Crippen LogP contribution in [0.15, 0.2) is 41.2 Å². The van der Waals surface area contributed by atoms with E-state index in [2.05, 4.69) is 10.00 Å². The number of benzene rings is 1. The van der Waals surface area contributed by atoms with E-state index in [1.165, 1.54) is 0 Å². The first kappa shape index (κ1) is 12.6. The molecule has 0 radical (unpaired) electrons. The molecule has 0 unspecified atom stereocenters.